The number of piperidine rings is 1. The van der Waals surface area contributed by atoms with Crippen molar-refractivity contribution in [3.8, 4) is 0 Å². The van der Waals surface area contributed by atoms with Gasteiger partial charge in [-0.3, -0.25) is 4.79 Å². The van der Waals surface area contributed by atoms with Gasteiger partial charge >= 0.3 is 0 Å². The van der Waals surface area contributed by atoms with Gasteiger partial charge in [0.2, 0.25) is 5.95 Å². The van der Waals surface area contributed by atoms with Crippen LogP contribution >= 0.6 is 0 Å². The third kappa shape index (κ3) is 2.95. The van der Waals surface area contributed by atoms with E-state index >= 15 is 0 Å². The smallest absolute Gasteiger partial charge is 0.261 e. The molecule has 4 rings (SSSR count). The number of aromatic nitrogens is 3. The van der Waals surface area contributed by atoms with E-state index in [-0.39, 0.29) is 11.7 Å². The molecule has 6 heteroatoms. The van der Waals surface area contributed by atoms with Crippen molar-refractivity contribution in [1.82, 2.24) is 14.5 Å². The Labute approximate surface area is 135 Å². The molecule has 2 saturated heterocycles. The van der Waals surface area contributed by atoms with E-state index in [1.54, 1.807) is 10.8 Å². The highest BCUT2D eigenvalue weighted by atomic mass is 16.5. The van der Waals surface area contributed by atoms with Crippen LogP contribution in [0.5, 0.6) is 0 Å². The fourth-order valence-corrected chi connectivity index (χ4v) is 3.46. The van der Waals surface area contributed by atoms with Crippen molar-refractivity contribution in [2.24, 2.45) is 0 Å². The van der Waals surface area contributed by atoms with Crippen molar-refractivity contribution in [2.45, 2.75) is 44.8 Å². The summed E-state index contributed by atoms with van der Waals surface area (Å²) in [7, 11) is 0. The van der Waals surface area contributed by atoms with E-state index in [0.717, 1.165) is 44.0 Å². The Morgan fingerprint density at radius 3 is 2.87 bits per heavy atom. The highest BCUT2D eigenvalue weighted by Crippen LogP contribution is 2.18. The van der Waals surface area contributed by atoms with E-state index in [2.05, 4.69) is 14.9 Å². The molecule has 2 aliphatic heterocycles. The van der Waals surface area contributed by atoms with Gasteiger partial charge in [0.25, 0.3) is 5.56 Å². The van der Waals surface area contributed by atoms with Crippen molar-refractivity contribution in [3.05, 3.63) is 28.8 Å². The second kappa shape index (κ2) is 6.28. The molecule has 4 heterocycles. The molecule has 2 fully saturated rings. The molecule has 2 aromatic heterocycles. The number of ether oxygens (including phenoxy) is 1. The van der Waals surface area contributed by atoms with Crippen LogP contribution in [-0.4, -0.2) is 40.3 Å². The first-order valence-electron chi connectivity index (χ1n) is 8.54. The Balaban J connectivity index is 1.63. The lowest BCUT2D eigenvalue weighted by atomic mass is 10.1. The zero-order valence-electron chi connectivity index (χ0n) is 13.3. The van der Waals surface area contributed by atoms with Crippen LogP contribution in [0.15, 0.2) is 23.3 Å². The average molecular weight is 314 g/mol. The molecule has 6 nitrogen and oxygen atoms in total. The Morgan fingerprint density at radius 2 is 2.09 bits per heavy atom. The Bertz CT molecular complexity index is 746. The minimum atomic E-state index is -0.0248. The fourth-order valence-electron chi connectivity index (χ4n) is 3.46. The summed E-state index contributed by atoms with van der Waals surface area (Å²) in [6.07, 6.45) is 9.41. The Morgan fingerprint density at radius 1 is 1.22 bits per heavy atom. The summed E-state index contributed by atoms with van der Waals surface area (Å²) in [4.78, 5) is 23.9. The molecule has 0 aliphatic carbocycles. The van der Waals surface area contributed by atoms with E-state index in [0.29, 0.717) is 11.9 Å². The SMILES string of the molecule is O=c1c2cnc(N3CCCCC3)nc2ccn1CC1CCCO1. The number of hydrogen-bond acceptors (Lipinski definition) is 5. The number of fused-ring (bicyclic) bond motifs is 1. The highest BCUT2D eigenvalue weighted by Gasteiger charge is 2.18. The summed E-state index contributed by atoms with van der Waals surface area (Å²) >= 11 is 0. The second-order valence-electron chi connectivity index (χ2n) is 6.42. The molecule has 0 aromatic carbocycles. The molecular formula is C17H22N4O2. The molecule has 0 radical (unpaired) electrons. The third-order valence-corrected chi connectivity index (χ3v) is 4.77. The largest absolute Gasteiger partial charge is 0.376 e. The number of hydrogen-bond donors (Lipinski definition) is 0. The van der Waals surface area contributed by atoms with Crippen molar-refractivity contribution in [3.63, 3.8) is 0 Å². The third-order valence-electron chi connectivity index (χ3n) is 4.77. The van der Waals surface area contributed by atoms with Crippen LogP contribution < -0.4 is 10.5 Å². The molecule has 2 aromatic rings. The zero-order valence-corrected chi connectivity index (χ0v) is 13.3. The normalized spacial score (nSPS) is 21.9. The van der Waals surface area contributed by atoms with Gasteiger partial charge in [0.15, 0.2) is 0 Å². The first-order chi connectivity index (χ1) is 11.3. The van der Waals surface area contributed by atoms with Crippen LogP contribution in [0, 0.1) is 0 Å². The summed E-state index contributed by atoms with van der Waals surface area (Å²) < 4.78 is 7.35. The van der Waals surface area contributed by atoms with Crippen molar-refractivity contribution >= 4 is 16.9 Å². The average Bonchev–Trinajstić information content (AvgIpc) is 3.11. The van der Waals surface area contributed by atoms with Gasteiger partial charge in [-0.2, -0.15) is 0 Å². The quantitative estimate of drug-likeness (QED) is 0.867. The summed E-state index contributed by atoms with van der Waals surface area (Å²) in [6.45, 7) is 3.42. The lowest BCUT2D eigenvalue weighted by molar-refractivity contribution is 0.0963. The van der Waals surface area contributed by atoms with E-state index in [1.807, 2.05) is 12.3 Å². The Hall–Kier alpha value is -1.95. The first kappa shape index (κ1) is 14.6. The number of nitrogens with zero attached hydrogens (tertiary/aromatic N) is 4. The topological polar surface area (TPSA) is 60.2 Å². The maximum Gasteiger partial charge on any atom is 0.261 e. The van der Waals surface area contributed by atoms with E-state index in [4.69, 9.17) is 4.74 Å². The monoisotopic (exact) mass is 314 g/mol. The molecule has 0 bridgehead atoms. The highest BCUT2D eigenvalue weighted by molar-refractivity contribution is 5.77. The van der Waals surface area contributed by atoms with Gasteiger partial charge in [-0.05, 0) is 38.2 Å². The standard InChI is InChI=1S/C17H22N4O2/c22-16-14-11-18-17(20-7-2-1-3-8-20)19-15(14)6-9-21(16)12-13-5-4-10-23-13/h6,9,11,13H,1-5,7-8,10,12H2. The van der Waals surface area contributed by atoms with Gasteiger partial charge in [0.1, 0.15) is 0 Å². The lowest BCUT2D eigenvalue weighted by Crippen LogP contribution is -2.31. The molecule has 0 N–H and O–H groups in total. The minimum Gasteiger partial charge on any atom is -0.376 e. The molecule has 0 amide bonds. The fraction of sp³-hybridized carbons (Fsp3) is 0.588. The molecule has 1 unspecified atom stereocenters. The van der Waals surface area contributed by atoms with Crippen LogP contribution in [0.2, 0.25) is 0 Å². The van der Waals surface area contributed by atoms with Gasteiger partial charge in [-0.25, -0.2) is 9.97 Å². The minimum absolute atomic E-state index is 0.0248. The predicted molar refractivity (Wildman–Crippen MR) is 88.8 cm³/mol. The first-order valence-corrected chi connectivity index (χ1v) is 8.54. The van der Waals surface area contributed by atoms with Crippen LogP contribution in [-0.2, 0) is 11.3 Å². The van der Waals surface area contributed by atoms with Gasteiger partial charge in [0.05, 0.1) is 23.6 Å². The molecule has 0 spiro atoms. The maximum atomic E-state index is 12.6. The molecule has 1 atom stereocenters. The molecule has 0 saturated carbocycles. The lowest BCUT2D eigenvalue weighted by Gasteiger charge is -2.26. The van der Waals surface area contributed by atoms with Crippen molar-refractivity contribution in [2.75, 3.05) is 24.6 Å². The van der Waals surface area contributed by atoms with Gasteiger partial charge in [-0.15, -0.1) is 0 Å². The summed E-state index contributed by atoms with van der Waals surface area (Å²) in [6, 6.07) is 1.92. The summed E-state index contributed by atoms with van der Waals surface area (Å²) in [5.41, 5.74) is 0.706. The van der Waals surface area contributed by atoms with Crippen LogP contribution in [0.25, 0.3) is 10.9 Å². The van der Waals surface area contributed by atoms with Crippen LogP contribution in [0.4, 0.5) is 5.95 Å². The van der Waals surface area contributed by atoms with E-state index in [9.17, 15) is 4.79 Å². The van der Waals surface area contributed by atoms with Crippen LogP contribution in [0.1, 0.15) is 32.1 Å². The van der Waals surface area contributed by atoms with Gasteiger partial charge in [-0.1, -0.05) is 0 Å². The summed E-state index contributed by atoms with van der Waals surface area (Å²) in [5.74, 6) is 0.744. The zero-order chi connectivity index (χ0) is 15.6. The van der Waals surface area contributed by atoms with Crippen LogP contribution in [0.3, 0.4) is 0 Å². The molecule has 122 valence electrons. The number of rotatable bonds is 3. The molecule has 23 heavy (non-hydrogen) atoms. The summed E-state index contributed by atoms with van der Waals surface area (Å²) in [5, 5.41) is 0.589. The number of anilines is 1. The maximum absolute atomic E-state index is 12.6. The van der Waals surface area contributed by atoms with E-state index in [1.165, 1.54) is 19.3 Å². The second-order valence-corrected chi connectivity index (χ2v) is 6.42. The number of pyridine rings is 1. The van der Waals surface area contributed by atoms with E-state index < -0.39 is 0 Å². The Kier molecular flexibility index (Phi) is 3.99. The van der Waals surface area contributed by atoms with Crippen molar-refractivity contribution in [1.29, 1.82) is 0 Å². The van der Waals surface area contributed by atoms with Crippen molar-refractivity contribution < 1.29 is 4.74 Å². The molecular weight excluding hydrogens is 292 g/mol. The van der Waals surface area contributed by atoms with Gasteiger partial charge < -0.3 is 14.2 Å². The molecule has 2 aliphatic rings. The predicted octanol–water partition coefficient (Wildman–Crippen LogP) is 1.96. The van der Waals surface area contributed by atoms with Gasteiger partial charge in [0, 0.05) is 32.1 Å².